The summed E-state index contributed by atoms with van der Waals surface area (Å²) in [6.07, 6.45) is 5.04. The first kappa shape index (κ1) is 18.4. The van der Waals surface area contributed by atoms with Crippen molar-refractivity contribution in [3.8, 4) is 5.95 Å². The van der Waals surface area contributed by atoms with Gasteiger partial charge in [0.05, 0.1) is 12.9 Å². The Bertz CT molecular complexity index is 747. The van der Waals surface area contributed by atoms with Crippen molar-refractivity contribution in [3.05, 3.63) is 6.33 Å². The van der Waals surface area contributed by atoms with Crippen molar-refractivity contribution < 1.29 is 9.53 Å². The molecule has 140 valence electrons. The molecular weight excluding hydrogens is 356 g/mol. The molecule has 0 radical (unpaired) electrons. The minimum Gasteiger partial charge on any atom is -0.468 e. The number of aromatic nitrogens is 6. The van der Waals surface area contributed by atoms with Crippen LogP contribution in [0.4, 0.5) is 11.9 Å². The molecule has 11 heteroatoms. The smallest absolute Gasteiger partial charge is 0.316 e. The van der Waals surface area contributed by atoms with Crippen LogP contribution >= 0.6 is 11.8 Å². The van der Waals surface area contributed by atoms with E-state index >= 15 is 0 Å². The molecule has 1 saturated heterocycles. The summed E-state index contributed by atoms with van der Waals surface area (Å²) in [5.41, 5.74) is 0. The lowest BCUT2D eigenvalue weighted by atomic mass is 10.1. The molecule has 0 aromatic carbocycles. The number of nitrogens with one attached hydrogen (secondary N) is 1. The van der Waals surface area contributed by atoms with E-state index in [1.54, 1.807) is 0 Å². The molecule has 3 heterocycles. The van der Waals surface area contributed by atoms with Crippen molar-refractivity contribution in [2.45, 2.75) is 31.3 Å². The molecule has 0 bridgehead atoms. The van der Waals surface area contributed by atoms with Crippen molar-refractivity contribution in [3.63, 3.8) is 0 Å². The average Bonchev–Trinajstić information content (AvgIpc) is 3.16. The Kier molecular flexibility index (Phi) is 6.21. The van der Waals surface area contributed by atoms with Crippen molar-refractivity contribution in [2.75, 3.05) is 42.7 Å². The molecule has 0 unspecified atom stereocenters. The predicted octanol–water partition coefficient (Wildman–Crippen LogP) is 1.14. The van der Waals surface area contributed by atoms with E-state index in [4.69, 9.17) is 0 Å². The number of carbonyl (C=O) groups excluding carboxylic acids is 1. The standard InChI is InChI=1S/C15H22N8O2S/c1-3-16-12-18-13(22-7-5-4-6-8-22)20-14(19-12)23-10-17-15(21-23)26-9-11(24)25-2/h10H,3-9H2,1-2H3,(H,16,18,19,20). The Morgan fingerprint density at radius 2 is 2.00 bits per heavy atom. The first-order valence-electron chi connectivity index (χ1n) is 8.56. The molecule has 0 atom stereocenters. The molecule has 3 rings (SSSR count). The van der Waals surface area contributed by atoms with Gasteiger partial charge in [-0.1, -0.05) is 11.8 Å². The largest absolute Gasteiger partial charge is 0.468 e. The van der Waals surface area contributed by atoms with Crippen molar-refractivity contribution in [2.24, 2.45) is 0 Å². The van der Waals surface area contributed by atoms with Crippen LogP contribution in [0, 0.1) is 0 Å². The monoisotopic (exact) mass is 378 g/mol. The van der Waals surface area contributed by atoms with E-state index in [9.17, 15) is 4.79 Å². The molecule has 1 fully saturated rings. The maximum Gasteiger partial charge on any atom is 0.316 e. The number of hydrogen-bond donors (Lipinski definition) is 1. The van der Waals surface area contributed by atoms with Crippen LogP contribution in [-0.2, 0) is 9.53 Å². The summed E-state index contributed by atoms with van der Waals surface area (Å²) >= 11 is 1.20. The van der Waals surface area contributed by atoms with Crippen LogP contribution in [0.3, 0.4) is 0 Å². The molecule has 26 heavy (non-hydrogen) atoms. The number of carbonyl (C=O) groups is 1. The average molecular weight is 378 g/mol. The normalized spacial score (nSPS) is 14.3. The molecule has 1 aliphatic rings. The van der Waals surface area contributed by atoms with Crippen molar-refractivity contribution >= 4 is 29.6 Å². The molecule has 10 nitrogen and oxygen atoms in total. The quantitative estimate of drug-likeness (QED) is 0.556. The van der Waals surface area contributed by atoms with Crippen molar-refractivity contribution in [1.29, 1.82) is 0 Å². The number of piperidine rings is 1. The number of esters is 1. The van der Waals surface area contributed by atoms with E-state index in [0.29, 0.717) is 29.5 Å². The van der Waals surface area contributed by atoms with E-state index in [0.717, 1.165) is 25.9 Å². The highest BCUT2D eigenvalue weighted by Crippen LogP contribution is 2.19. The number of anilines is 2. The Balaban J connectivity index is 1.82. The number of nitrogens with zero attached hydrogens (tertiary/aromatic N) is 7. The van der Waals surface area contributed by atoms with Crippen LogP contribution in [0.5, 0.6) is 0 Å². The maximum atomic E-state index is 11.2. The second kappa shape index (κ2) is 8.79. The molecule has 1 aliphatic heterocycles. The minimum absolute atomic E-state index is 0.152. The van der Waals surface area contributed by atoms with E-state index in [-0.39, 0.29) is 11.7 Å². The zero-order valence-corrected chi connectivity index (χ0v) is 15.7. The van der Waals surface area contributed by atoms with Gasteiger partial charge >= 0.3 is 5.97 Å². The van der Waals surface area contributed by atoms with E-state index in [2.05, 4.69) is 40.0 Å². The molecule has 0 spiro atoms. The second-order valence-corrected chi connectivity index (χ2v) is 6.62. The Morgan fingerprint density at radius 3 is 2.73 bits per heavy atom. The third-order valence-corrected chi connectivity index (χ3v) is 4.63. The van der Waals surface area contributed by atoms with E-state index in [1.165, 1.54) is 36.3 Å². The van der Waals surface area contributed by atoms with Gasteiger partial charge in [0.15, 0.2) is 0 Å². The SMILES string of the molecule is CCNc1nc(N2CCCCC2)nc(-n2cnc(SCC(=O)OC)n2)n1. The van der Waals surface area contributed by atoms with Gasteiger partial charge in [-0.05, 0) is 26.2 Å². The van der Waals surface area contributed by atoms with E-state index < -0.39 is 0 Å². The fraction of sp³-hybridized carbons (Fsp3) is 0.600. The highest BCUT2D eigenvalue weighted by molar-refractivity contribution is 7.99. The summed E-state index contributed by atoms with van der Waals surface area (Å²) in [6.45, 7) is 4.57. The molecule has 0 amide bonds. The lowest BCUT2D eigenvalue weighted by Crippen LogP contribution is -2.31. The molecule has 2 aromatic rings. The third kappa shape index (κ3) is 4.59. The van der Waals surface area contributed by atoms with Gasteiger partial charge in [-0.3, -0.25) is 4.79 Å². The highest BCUT2D eigenvalue weighted by Gasteiger charge is 2.17. The van der Waals surface area contributed by atoms with Gasteiger partial charge in [-0.15, -0.1) is 5.10 Å². The van der Waals surface area contributed by atoms with Crippen molar-refractivity contribution in [1.82, 2.24) is 29.7 Å². The van der Waals surface area contributed by atoms with Gasteiger partial charge < -0.3 is 15.0 Å². The van der Waals surface area contributed by atoms with E-state index in [1.807, 2.05) is 6.92 Å². The number of ether oxygens (including phenoxy) is 1. The molecular formula is C15H22N8O2S. The Labute approximate surface area is 155 Å². The van der Waals surface area contributed by atoms with Crippen LogP contribution in [0.25, 0.3) is 5.95 Å². The number of methoxy groups -OCH3 is 1. The third-order valence-electron chi connectivity index (χ3n) is 3.81. The van der Waals surface area contributed by atoms with Crippen LogP contribution in [0.2, 0.25) is 0 Å². The molecule has 2 aromatic heterocycles. The van der Waals surface area contributed by atoms with Gasteiger partial charge in [0.2, 0.25) is 17.1 Å². The van der Waals surface area contributed by atoms with Gasteiger partial charge in [0.25, 0.3) is 5.95 Å². The first-order chi connectivity index (χ1) is 12.7. The molecule has 1 N–H and O–H groups in total. The minimum atomic E-state index is -0.326. The van der Waals surface area contributed by atoms with Crippen LogP contribution < -0.4 is 10.2 Å². The second-order valence-electron chi connectivity index (χ2n) is 5.67. The topological polar surface area (TPSA) is 111 Å². The maximum absolute atomic E-state index is 11.2. The fourth-order valence-electron chi connectivity index (χ4n) is 2.52. The highest BCUT2D eigenvalue weighted by atomic mass is 32.2. The van der Waals surface area contributed by atoms with Gasteiger partial charge in [0.1, 0.15) is 6.33 Å². The number of thioether (sulfide) groups is 1. The zero-order chi connectivity index (χ0) is 18.4. The fourth-order valence-corrected chi connectivity index (χ4v) is 3.15. The van der Waals surface area contributed by atoms with Gasteiger partial charge in [-0.25, -0.2) is 4.98 Å². The van der Waals surface area contributed by atoms with Crippen LogP contribution in [-0.4, -0.2) is 68.2 Å². The first-order valence-corrected chi connectivity index (χ1v) is 9.54. The summed E-state index contributed by atoms with van der Waals surface area (Å²) in [5, 5.41) is 7.93. The predicted molar refractivity (Wildman–Crippen MR) is 97.7 cm³/mol. The van der Waals surface area contributed by atoms with Gasteiger partial charge in [-0.2, -0.15) is 19.6 Å². The zero-order valence-electron chi connectivity index (χ0n) is 14.9. The lowest BCUT2D eigenvalue weighted by Gasteiger charge is -2.26. The Hall–Kier alpha value is -2.43. The summed E-state index contributed by atoms with van der Waals surface area (Å²) in [7, 11) is 1.35. The van der Waals surface area contributed by atoms with Gasteiger partial charge in [0, 0.05) is 19.6 Å². The van der Waals surface area contributed by atoms with Crippen LogP contribution in [0.15, 0.2) is 11.5 Å². The summed E-state index contributed by atoms with van der Waals surface area (Å²) < 4.78 is 6.12. The number of hydrogen-bond acceptors (Lipinski definition) is 10. The summed E-state index contributed by atoms with van der Waals surface area (Å²) in [4.78, 5) is 31.1. The lowest BCUT2D eigenvalue weighted by molar-refractivity contribution is -0.137. The van der Waals surface area contributed by atoms with Crippen LogP contribution in [0.1, 0.15) is 26.2 Å². The summed E-state index contributed by atoms with van der Waals surface area (Å²) in [5.74, 6) is 1.38. The molecule has 0 saturated carbocycles. The number of rotatable bonds is 7. The summed E-state index contributed by atoms with van der Waals surface area (Å²) in [6, 6.07) is 0. The Morgan fingerprint density at radius 1 is 1.23 bits per heavy atom. The molecule has 0 aliphatic carbocycles.